The highest BCUT2D eigenvalue weighted by atomic mass is 16.5. The van der Waals surface area contributed by atoms with Crippen LogP contribution in [0, 0.1) is 0 Å². The predicted octanol–water partition coefficient (Wildman–Crippen LogP) is 3.37. The van der Waals surface area contributed by atoms with E-state index >= 15 is 0 Å². The topological polar surface area (TPSA) is 60.0 Å². The van der Waals surface area contributed by atoms with Crippen molar-refractivity contribution in [2.45, 2.75) is 46.3 Å². The Labute approximate surface area is 121 Å². The molecule has 20 heavy (non-hydrogen) atoms. The molecule has 4 nitrogen and oxygen atoms in total. The first-order valence-electron chi connectivity index (χ1n) is 7.00. The van der Waals surface area contributed by atoms with Crippen molar-refractivity contribution in [3.8, 4) is 0 Å². The van der Waals surface area contributed by atoms with Crippen LogP contribution in [-0.4, -0.2) is 24.8 Å². The van der Waals surface area contributed by atoms with E-state index in [0.717, 1.165) is 42.9 Å². The van der Waals surface area contributed by atoms with Gasteiger partial charge < -0.3 is 10.5 Å². The maximum absolute atomic E-state index is 5.93. The fourth-order valence-electron chi connectivity index (χ4n) is 2.01. The van der Waals surface area contributed by atoms with Crippen LogP contribution in [0.25, 0.3) is 0 Å². The van der Waals surface area contributed by atoms with Crippen molar-refractivity contribution in [3.05, 3.63) is 35.7 Å². The Bertz CT molecular complexity index is 448. The number of hydrogen-bond acceptors (Lipinski definition) is 4. The van der Waals surface area contributed by atoms with Crippen molar-refractivity contribution in [2.24, 2.45) is 15.7 Å². The minimum atomic E-state index is -0.0456. The molecule has 1 atom stereocenters. The van der Waals surface area contributed by atoms with Gasteiger partial charge in [-0.25, -0.2) is 0 Å². The molecule has 0 aliphatic carbocycles. The fourth-order valence-corrected chi connectivity index (χ4v) is 2.01. The van der Waals surface area contributed by atoms with E-state index < -0.39 is 0 Å². The van der Waals surface area contributed by atoms with Gasteiger partial charge in [-0.15, -0.1) is 0 Å². The number of ether oxygens (including phenoxy) is 1. The Kier molecular flexibility index (Phi) is 6.94. The van der Waals surface area contributed by atoms with Gasteiger partial charge in [-0.1, -0.05) is 12.7 Å². The molecule has 1 heterocycles. The van der Waals surface area contributed by atoms with Gasteiger partial charge >= 0.3 is 0 Å². The van der Waals surface area contributed by atoms with Gasteiger partial charge in [-0.05, 0) is 46.1 Å². The van der Waals surface area contributed by atoms with Gasteiger partial charge in [0.25, 0.3) is 0 Å². The molecule has 0 radical (unpaired) electrons. The smallest absolute Gasteiger partial charge is 0.148 e. The van der Waals surface area contributed by atoms with E-state index in [4.69, 9.17) is 10.5 Å². The average Bonchev–Trinajstić information content (AvgIpc) is 2.39. The quantitative estimate of drug-likeness (QED) is 0.617. The highest BCUT2D eigenvalue weighted by Crippen LogP contribution is 2.14. The molecule has 2 N–H and O–H groups in total. The second kappa shape index (κ2) is 8.48. The van der Waals surface area contributed by atoms with Crippen LogP contribution in [0.2, 0.25) is 0 Å². The summed E-state index contributed by atoms with van der Waals surface area (Å²) in [6.07, 6.45) is 8.57. The lowest BCUT2D eigenvalue weighted by Gasteiger charge is -2.18. The summed E-state index contributed by atoms with van der Waals surface area (Å²) in [5.41, 5.74) is 9.23. The molecule has 1 rings (SSSR count). The highest BCUT2D eigenvalue weighted by molar-refractivity contribution is 6.15. The molecular formula is C16H25N3O. The van der Waals surface area contributed by atoms with E-state index in [1.165, 1.54) is 0 Å². The Morgan fingerprint density at radius 2 is 2.05 bits per heavy atom. The minimum absolute atomic E-state index is 0.0456. The molecule has 4 heteroatoms. The first-order chi connectivity index (χ1) is 9.54. The lowest BCUT2D eigenvalue weighted by Crippen LogP contribution is -2.18. The number of nitrogens with two attached hydrogens (primary N) is 1. The second-order valence-corrected chi connectivity index (χ2v) is 4.94. The zero-order valence-electron chi connectivity index (χ0n) is 12.7. The third kappa shape index (κ3) is 5.53. The van der Waals surface area contributed by atoms with Crippen molar-refractivity contribution < 1.29 is 4.74 Å². The van der Waals surface area contributed by atoms with E-state index in [9.17, 15) is 0 Å². The molecular weight excluding hydrogens is 250 g/mol. The summed E-state index contributed by atoms with van der Waals surface area (Å²) < 4.78 is 5.58. The molecule has 1 saturated heterocycles. The Hall–Kier alpha value is -1.68. The van der Waals surface area contributed by atoms with Crippen molar-refractivity contribution in [1.82, 2.24) is 0 Å². The molecule has 0 saturated carbocycles. The summed E-state index contributed by atoms with van der Waals surface area (Å²) in [6.45, 7) is 10.2. The molecule has 1 aliphatic rings. The van der Waals surface area contributed by atoms with E-state index in [2.05, 4.69) is 16.6 Å². The van der Waals surface area contributed by atoms with Crippen LogP contribution in [0.15, 0.2) is 45.7 Å². The van der Waals surface area contributed by atoms with E-state index in [1.807, 2.05) is 26.8 Å². The molecule has 1 aliphatic heterocycles. The van der Waals surface area contributed by atoms with Gasteiger partial charge in [0, 0.05) is 35.5 Å². The van der Waals surface area contributed by atoms with E-state index in [-0.39, 0.29) is 6.23 Å². The molecule has 0 aromatic heterocycles. The lowest BCUT2D eigenvalue weighted by molar-refractivity contribution is 0.0227. The first-order valence-corrected chi connectivity index (χ1v) is 7.00. The molecule has 0 spiro atoms. The third-order valence-electron chi connectivity index (χ3n) is 3.04. The van der Waals surface area contributed by atoms with Gasteiger partial charge in [-0.3, -0.25) is 9.98 Å². The van der Waals surface area contributed by atoms with Crippen molar-refractivity contribution in [2.75, 3.05) is 6.61 Å². The van der Waals surface area contributed by atoms with Crippen LogP contribution in [0.4, 0.5) is 0 Å². The Balaban J connectivity index is 2.84. The minimum Gasteiger partial charge on any atom is -0.402 e. The molecule has 0 amide bonds. The van der Waals surface area contributed by atoms with Gasteiger partial charge in [0.15, 0.2) is 0 Å². The van der Waals surface area contributed by atoms with Crippen LogP contribution >= 0.6 is 0 Å². The average molecular weight is 275 g/mol. The van der Waals surface area contributed by atoms with E-state index in [1.54, 1.807) is 12.3 Å². The van der Waals surface area contributed by atoms with E-state index in [0.29, 0.717) is 5.70 Å². The molecule has 0 aromatic rings. The summed E-state index contributed by atoms with van der Waals surface area (Å²) in [5, 5.41) is 0. The van der Waals surface area contributed by atoms with Crippen LogP contribution in [0.1, 0.15) is 40.0 Å². The van der Waals surface area contributed by atoms with Gasteiger partial charge in [-0.2, -0.15) is 0 Å². The number of allylic oxidation sites excluding steroid dienone is 5. The van der Waals surface area contributed by atoms with Crippen molar-refractivity contribution in [1.29, 1.82) is 0 Å². The van der Waals surface area contributed by atoms with Crippen LogP contribution < -0.4 is 5.73 Å². The highest BCUT2D eigenvalue weighted by Gasteiger charge is 2.12. The van der Waals surface area contributed by atoms with Crippen molar-refractivity contribution >= 4 is 11.9 Å². The summed E-state index contributed by atoms with van der Waals surface area (Å²) in [4.78, 5) is 8.96. The number of aliphatic imine (C=N–C) groups is 2. The number of nitrogens with zero attached hydrogens (tertiary/aromatic N) is 2. The zero-order chi connectivity index (χ0) is 15.0. The Morgan fingerprint density at radius 1 is 1.30 bits per heavy atom. The largest absolute Gasteiger partial charge is 0.402 e. The molecule has 110 valence electrons. The number of rotatable bonds is 5. The monoisotopic (exact) mass is 275 g/mol. The standard InChI is InChI=1S/C16H25N3O/c1-5-8-12(2)19-14(4)15(13(3)17)11-18-16-9-6-7-10-20-16/h5,8,11,16H,1,6-7,9-10,17H2,2-4H3/b12-8+,15-13+,18-11+,19-14+. The third-order valence-corrected chi connectivity index (χ3v) is 3.04. The maximum Gasteiger partial charge on any atom is 0.148 e. The Morgan fingerprint density at radius 3 is 2.60 bits per heavy atom. The lowest BCUT2D eigenvalue weighted by atomic mass is 10.1. The predicted molar refractivity (Wildman–Crippen MR) is 86.0 cm³/mol. The van der Waals surface area contributed by atoms with Crippen LogP contribution in [0.3, 0.4) is 0 Å². The van der Waals surface area contributed by atoms with Crippen molar-refractivity contribution in [3.63, 3.8) is 0 Å². The first kappa shape index (κ1) is 16.4. The summed E-state index contributed by atoms with van der Waals surface area (Å²) in [6, 6.07) is 0. The van der Waals surface area contributed by atoms with Gasteiger partial charge in [0.05, 0.1) is 0 Å². The molecule has 1 fully saturated rings. The SMILES string of the molecule is C=C/C=C(C)/N=C(C)/C(/C=N/C1CCCCO1)=C(\C)N. The summed E-state index contributed by atoms with van der Waals surface area (Å²) >= 11 is 0. The summed E-state index contributed by atoms with van der Waals surface area (Å²) in [5.74, 6) is 0. The van der Waals surface area contributed by atoms with Crippen LogP contribution in [0.5, 0.6) is 0 Å². The summed E-state index contributed by atoms with van der Waals surface area (Å²) in [7, 11) is 0. The van der Waals surface area contributed by atoms with Gasteiger partial charge in [0.2, 0.25) is 0 Å². The molecule has 0 aromatic carbocycles. The maximum atomic E-state index is 5.93. The normalized spacial score (nSPS) is 22.9. The fraction of sp³-hybridized carbons (Fsp3) is 0.500. The van der Waals surface area contributed by atoms with Gasteiger partial charge in [0.1, 0.15) is 6.23 Å². The zero-order valence-corrected chi connectivity index (χ0v) is 12.7. The molecule has 1 unspecified atom stereocenters. The molecule has 0 bridgehead atoms. The van der Waals surface area contributed by atoms with Crippen LogP contribution in [-0.2, 0) is 4.74 Å². The second-order valence-electron chi connectivity index (χ2n) is 4.94. The number of hydrogen-bond donors (Lipinski definition) is 1.